The highest BCUT2D eigenvalue weighted by Crippen LogP contribution is 2.46. The number of carbonyl (C=O) groups is 1. The van der Waals surface area contributed by atoms with Crippen molar-refractivity contribution in [2.75, 3.05) is 24.6 Å². The number of nitrogens with zero attached hydrogens (tertiary/aromatic N) is 1. The van der Waals surface area contributed by atoms with Gasteiger partial charge in [-0.2, -0.15) is 0 Å². The third-order valence-corrected chi connectivity index (χ3v) is 11.9. The maximum absolute atomic E-state index is 13.3. The van der Waals surface area contributed by atoms with Crippen LogP contribution < -0.4 is 14.4 Å². The van der Waals surface area contributed by atoms with Crippen molar-refractivity contribution >= 4 is 33.2 Å². The number of ether oxygens (including phenoxy) is 1. The molecule has 5 atom stereocenters. The number of benzene rings is 2. The zero-order valence-corrected chi connectivity index (χ0v) is 25.1. The van der Waals surface area contributed by atoms with Gasteiger partial charge in [-0.15, -0.1) is 0 Å². The summed E-state index contributed by atoms with van der Waals surface area (Å²) < 4.78 is 35.1. The summed E-state index contributed by atoms with van der Waals surface area (Å²) in [6, 6.07) is 11.4. The molecule has 1 spiro atoms. The number of halogens is 1. The third kappa shape index (κ3) is 5.51. The van der Waals surface area contributed by atoms with Gasteiger partial charge in [0.15, 0.2) is 0 Å². The van der Waals surface area contributed by atoms with E-state index in [-0.39, 0.29) is 11.3 Å². The molecule has 1 amide bonds. The van der Waals surface area contributed by atoms with Gasteiger partial charge in [-0.1, -0.05) is 36.7 Å². The summed E-state index contributed by atoms with van der Waals surface area (Å²) in [5, 5.41) is 11.1. The summed E-state index contributed by atoms with van der Waals surface area (Å²) >= 11 is 6.38. The average Bonchev–Trinajstić information content (AvgIpc) is 3.07. The second-order valence-electron chi connectivity index (χ2n) is 12.3. The number of allylic oxidation sites excluding steroid dienone is 1. The molecule has 2 aromatic carbocycles. The molecule has 0 saturated heterocycles. The van der Waals surface area contributed by atoms with E-state index in [2.05, 4.69) is 21.8 Å². The number of amides is 1. The van der Waals surface area contributed by atoms with Crippen LogP contribution in [0.5, 0.6) is 5.75 Å². The van der Waals surface area contributed by atoms with E-state index >= 15 is 0 Å². The fourth-order valence-corrected chi connectivity index (χ4v) is 8.94. The van der Waals surface area contributed by atoms with Crippen molar-refractivity contribution in [1.29, 1.82) is 0 Å². The van der Waals surface area contributed by atoms with Crippen molar-refractivity contribution in [3.63, 3.8) is 0 Å². The lowest BCUT2D eigenvalue weighted by Gasteiger charge is -2.45. The Morgan fingerprint density at radius 1 is 1.17 bits per heavy atom. The first kappa shape index (κ1) is 28.6. The molecule has 9 heteroatoms. The van der Waals surface area contributed by atoms with Crippen LogP contribution in [0.3, 0.4) is 0 Å². The van der Waals surface area contributed by atoms with E-state index < -0.39 is 27.3 Å². The zero-order valence-electron chi connectivity index (χ0n) is 23.5. The van der Waals surface area contributed by atoms with E-state index in [9.17, 15) is 18.3 Å². The SMILES string of the molecule is CC[C@@H]1CC/C=C/C(O)C2CCC2CN2C[C@@]3(CCCc4cc(Cl)ccc43)COc3ccc(cc32)C(=O)NS1(=O)=O. The number of anilines is 1. The van der Waals surface area contributed by atoms with Crippen molar-refractivity contribution in [3.05, 3.63) is 70.3 Å². The molecule has 2 aliphatic carbocycles. The molecule has 2 N–H and O–H groups in total. The Kier molecular flexibility index (Phi) is 7.85. The number of fused-ring (bicyclic) bond motifs is 4. The lowest BCUT2D eigenvalue weighted by atomic mass is 9.68. The van der Waals surface area contributed by atoms with E-state index in [0.717, 1.165) is 49.4 Å². The smallest absolute Gasteiger partial charge is 0.264 e. The highest BCUT2D eigenvalue weighted by atomic mass is 35.5. The summed E-state index contributed by atoms with van der Waals surface area (Å²) in [5.74, 6) is 0.492. The molecular weight excluding hydrogens is 560 g/mol. The number of sulfonamides is 1. The largest absolute Gasteiger partial charge is 0.490 e. The molecule has 3 unspecified atom stereocenters. The predicted octanol–water partition coefficient (Wildman–Crippen LogP) is 5.39. The molecule has 4 aliphatic rings. The topological polar surface area (TPSA) is 95.9 Å². The third-order valence-electron chi connectivity index (χ3n) is 9.79. The molecule has 2 heterocycles. The van der Waals surface area contributed by atoms with Gasteiger partial charge in [-0.3, -0.25) is 4.79 Å². The van der Waals surface area contributed by atoms with Gasteiger partial charge in [-0.25, -0.2) is 13.1 Å². The molecule has 1 saturated carbocycles. The Hall–Kier alpha value is -2.55. The van der Waals surface area contributed by atoms with Gasteiger partial charge in [0.25, 0.3) is 5.91 Å². The minimum atomic E-state index is -3.87. The first-order valence-corrected chi connectivity index (χ1v) is 16.8. The molecule has 0 aromatic heterocycles. The molecule has 2 aliphatic heterocycles. The first-order valence-electron chi connectivity index (χ1n) is 14.9. The van der Waals surface area contributed by atoms with Crippen molar-refractivity contribution in [3.8, 4) is 5.75 Å². The van der Waals surface area contributed by atoms with Crippen LogP contribution in [0.1, 0.15) is 73.4 Å². The lowest BCUT2D eigenvalue weighted by Crippen LogP contribution is -2.49. The monoisotopic (exact) mass is 598 g/mol. The fourth-order valence-electron chi connectivity index (χ4n) is 7.32. The Bertz CT molecular complexity index is 1460. The number of nitrogens with one attached hydrogen (secondary N) is 1. The maximum Gasteiger partial charge on any atom is 0.264 e. The Labute approximate surface area is 248 Å². The standard InChI is InChI=1S/C32H39ClN2O5S/c1-2-25-7-3-4-8-29(36)26-12-9-23(26)18-35-19-32(15-5-6-21-16-24(33)11-13-27(21)32)20-40-30-14-10-22(17-28(30)35)31(37)34-41(25,38)39/h4,8,10-11,13-14,16-17,23,25-26,29,36H,2-3,5-7,9,12,15,18-20H2,1H3,(H,34,37)/b8-4+/t23?,25-,26?,29?,32+/m1/s1. The first-order chi connectivity index (χ1) is 19.7. The van der Waals surface area contributed by atoms with Crippen LogP contribution in [0, 0.1) is 11.8 Å². The average molecular weight is 599 g/mol. The van der Waals surface area contributed by atoms with E-state index in [4.69, 9.17) is 16.3 Å². The van der Waals surface area contributed by atoms with Crippen molar-refractivity contribution in [2.45, 2.75) is 75.1 Å². The summed E-state index contributed by atoms with van der Waals surface area (Å²) in [4.78, 5) is 15.6. The van der Waals surface area contributed by atoms with Crippen LogP contribution in [0.4, 0.5) is 5.69 Å². The molecule has 2 aromatic rings. The molecular formula is C32H39ClN2O5S. The van der Waals surface area contributed by atoms with E-state index in [1.54, 1.807) is 18.2 Å². The number of rotatable bonds is 1. The van der Waals surface area contributed by atoms with E-state index in [1.165, 1.54) is 11.1 Å². The summed E-state index contributed by atoms with van der Waals surface area (Å²) in [6.07, 6.45) is 9.41. The number of hydrogen-bond acceptors (Lipinski definition) is 6. The van der Waals surface area contributed by atoms with Gasteiger partial charge >= 0.3 is 0 Å². The molecule has 7 nitrogen and oxygen atoms in total. The number of aryl methyl sites for hydroxylation is 1. The van der Waals surface area contributed by atoms with Crippen LogP contribution in [0.15, 0.2) is 48.6 Å². The molecule has 41 heavy (non-hydrogen) atoms. The highest BCUT2D eigenvalue weighted by Gasteiger charge is 2.44. The normalized spacial score (nSPS) is 32.0. The fraction of sp³-hybridized carbons (Fsp3) is 0.531. The van der Waals surface area contributed by atoms with Crippen LogP contribution in [0.2, 0.25) is 5.02 Å². The summed E-state index contributed by atoms with van der Waals surface area (Å²) in [7, 11) is -3.87. The maximum atomic E-state index is 13.3. The Morgan fingerprint density at radius 2 is 2.02 bits per heavy atom. The Morgan fingerprint density at radius 3 is 2.80 bits per heavy atom. The second-order valence-corrected chi connectivity index (χ2v) is 14.7. The van der Waals surface area contributed by atoms with Crippen LogP contribution in [-0.2, 0) is 21.9 Å². The molecule has 0 radical (unpaired) electrons. The van der Waals surface area contributed by atoms with Gasteiger partial charge in [0.05, 0.1) is 23.6 Å². The van der Waals surface area contributed by atoms with Gasteiger partial charge in [0.1, 0.15) is 5.75 Å². The number of aliphatic hydroxyl groups is 1. The van der Waals surface area contributed by atoms with Gasteiger partial charge in [0.2, 0.25) is 10.0 Å². The number of aliphatic hydroxyl groups excluding tert-OH is 1. The van der Waals surface area contributed by atoms with Gasteiger partial charge < -0.3 is 14.7 Å². The second kappa shape index (κ2) is 11.3. The molecule has 1 fully saturated rings. The van der Waals surface area contributed by atoms with Gasteiger partial charge in [-0.05, 0) is 105 Å². The van der Waals surface area contributed by atoms with Crippen LogP contribution in [-0.4, -0.2) is 50.5 Å². The number of carbonyl (C=O) groups excluding carboxylic acids is 1. The quantitative estimate of drug-likeness (QED) is 0.428. The molecule has 220 valence electrons. The van der Waals surface area contributed by atoms with Crippen molar-refractivity contribution < 1.29 is 23.1 Å². The summed E-state index contributed by atoms with van der Waals surface area (Å²) in [5.41, 5.74) is 3.35. The number of hydrogen-bond donors (Lipinski definition) is 2. The minimum Gasteiger partial charge on any atom is -0.490 e. The highest BCUT2D eigenvalue weighted by molar-refractivity contribution is 7.90. The lowest BCUT2D eigenvalue weighted by molar-refractivity contribution is 0.0456. The van der Waals surface area contributed by atoms with Crippen LogP contribution in [0.25, 0.3) is 0 Å². The molecule has 2 bridgehead atoms. The Balaban J connectivity index is 1.42. The summed E-state index contributed by atoms with van der Waals surface area (Å²) in [6.45, 7) is 3.74. The van der Waals surface area contributed by atoms with E-state index in [0.29, 0.717) is 49.6 Å². The minimum absolute atomic E-state index is 0.136. The predicted molar refractivity (Wildman–Crippen MR) is 161 cm³/mol. The van der Waals surface area contributed by atoms with Gasteiger partial charge in [0, 0.05) is 29.1 Å². The zero-order chi connectivity index (χ0) is 28.8. The molecule has 6 rings (SSSR count). The van der Waals surface area contributed by atoms with Crippen molar-refractivity contribution in [2.24, 2.45) is 11.8 Å². The van der Waals surface area contributed by atoms with E-state index in [1.807, 2.05) is 25.1 Å². The van der Waals surface area contributed by atoms with Crippen molar-refractivity contribution in [1.82, 2.24) is 4.72 Å². The van der Waals surface area contributed by atoms with Crippen LogP contribution >= 0.6 is 11.6 Å².